The molecule has 0 unspecified atom stereocenters. The number of aryl methyl sites for hydroxylation is 1. The molecule has 2 aliphatic rings. The van der Waals surface area contributed by atoms with E-state index in [1.807, 2.05) is 12.1 Å². The normalized spacial score (nSPS) is 15.0. The molecule has 0 saturated carbocycles. The van der Waals surface area contributed by atoms with Crippen molar-refractivity contribution in [3.05, 3.63) is 40.4 Å². The molecule has 1 amide bonds. The molecule has 32 heavy (non-hydrogen) atoms. The number of rotatable bonds is 12. The quantitative estimate of drug-likeness (QED) is 0.343. The van der Waals surface area contributed by atoms with E-state index in [1.54, 1.807) is 0 Å². The second-order valence-corrected chi connectivity index (χ2v) is 9.21. The topological polar surface area (TPSA) is 68.5 Å². The van der Waals surface area contributed by atoms with Gasteiger partial charge < -0.3 is 10.2 Å². The molecule has 0 atom stereocenters. The Balaban J connectivity index is 0.00000363. The van der Waals surface area contributed by atoms with Crippen molar-refractivity contribution < 1.29 is 4.79 Å². The van der Waals surface area contributed by atoms with E-state index in [4.69, 9.17) is 5.26 Å². The van der Waals surface area contributed by atoms with E-state index in [0.717, 1.165) is 60.2 Å². The van der Waals surface area contributed by atoms with Gasteiger partial charge in [0, 0.05) is 30.9 Å². The number of benzene rings is 1. The van der Waals surface area contributed by atoms with Crippen molar-refractivity contribution in [2.45, 2.75) is 77.6 Å². The van der Waals surface area contributed by atoms with Crippen molar-refractivity contribution >= 4 is 40.9 Å². The third kappa shape index (κ3) is 7.56. The molecule has 0 aromatic heterocycles. The number of nitriles is 1. The van der Waals surface area contributed by atoms with Crippen LogP contribution in [0.5, 0.6) is 0 Å². The number of hydrogen-bond donors (Lipinski definition) is 1. The third-order valence-electron chi connectivity index (χ3n) is 5.74. The lowest BCUT2D eigenvalue weighted by Crippen LogP contribution is -2.29. The minimum atomic E-state index is -0.0715. The summed E-state index contributed by atoms with van der Waals surface area (Å²) >= 11 is 1.47. The van der Waals surface area contributed by atoms with Crippen LogP contribution in [0, 0.1) is 11.3 Å². The fourth-order valence-electron chi connectivity index (χ4n) is 4.01. The van der Waals surface area contributed by atoms with Gasteiger partial charge in [0.15, 0.2) is 5.17 Å². The van der Waals surface area contributed by atoms with Gasteiger partial charge in [0.2, 0.25) is 0 Å². The number of anilines is 1. The highest BCUT2D eigenvalue weighted by atomic mass is 35.5. The zero-order valence-corrected chi connectivity index (χ0v) is 20.7. The maximum Gasteiger partial charge on any atom is 0.264 e. The van der Waals surface area contributed by atoms with E-state index in [0.29, 0.717) is 6.42 Å². The number of unbranched alkanes of at least 4 members (excludes halogenated alkanes) is 6. The Kier molecular flexibility index (Phi) is 11.7. The summed E-state index contributed by atoms with van der Waals surface area (Å²) < 4.78 is 0. The van der Waals surface area contributed by atoms with Crippen molar-refractivity contribution in [3.63, 3.8) is 0 Å². The summed E-state index contributed by atoms with van der Waals surface area (Å²) in [5, 5.41) is 12.9. The van der Waals surface area contributed by atoms with E-state index < -0.39 is 0 Å². The van der Waals surface area contributed by atoms with Crippen LogP contribution in [-0.4, -0.2) is 29.1 Å². The van der Waals surface area contributed by atoms with Crippen molar-refractivity contribution in [2.24, 2.45) is 4.99 Å². The first-order valence-corrected chi connectivity index (χ1v) is 12.5. The highest BCUT2D eigenvalue weighted by molar-refractivity contribution is 8.18. The van der Waals surface area contributed by atoms with Crippen LogP contribution in [0.1, 0.15) is 76.7 Å². The second kappa shape index (κ2) is 14.2. The van der Waals surface area contributed by atoms with Crippen molar-refractivity contribution in [1.82, 2.24) is 4.90 Å². The van der Waals surface area contributed by atoms with Gasteiger partial charge in [-0.15, -0.1) is 12.4 Å². The zero-order chi connectivity index (χ0) is 21.9. The minimum absolute atomic E-state index is 0. The maximum atomic E-state index is 13.0. The van der Waals surface area contributed by atoms with Gasteiger partial charge in [-0.1, -0.05) is 51.2 Å². The monoisotopic (exact) mass is 474 g/mol. The number of hydrogen-bond acceptors (Lipinski definition) is 5. The van der Waals surface area contributed by atoms with Crippen molar-refractivity contribution in [3.8, 4) is 6.07 Å². The molecule has 0 bridgehead atoms. The van der Waals surface area contributed by atoms with Gasteiger partial charge in [-0.25, -0.2) is 0 Å². The Labute approximate surface area is 203 Å². The van der Waals surface area contributed by atoms with E-state index in [2.05, 4.69) is 40.3 Å². The van der Waals surface area contributed by atoms with Crippen molar-refractivity contribution in [2.75, 3.05) is 18.4 Å². The van der Waals surface area contributed by atoms with Crippen LogP contribution in [0.15, 0.2) is 39.9 Å². The minimum Gasteiger partial charge on any atom is -0.323 e. The van der Waals surface area contributed by atoms with Gasteiger partial charge in [-0.2, -0.15) is 5.26 Å². The number of thioether (sulfide) groups is 1. The first-order chi connectivity index (χ1) is 15.2. The van der Waals surface area contributed by atoms with Crippen LogP contribution in [0.25, 0.3) is 0 Å². The maximum absolute atomic E-state index is 13.0. The van der Waals surface area contributed by atoms with Crippen LogP contribution < -0.4 is 5.32 Å². The fourth-order valence-corrected chi connectivity index (χ4v) is 5.13. The molecule has 7 heteroatoms. The Morgan fingerprint density at radius 1 is 1.12 bits per heavy atom. The fraction of sp³-hybridized carbons (Fsp3) is 0.560. The summed E-state index contributed by atoms with van der Waals surface area (Å²) in [6.07, 6.45) is 11.9. The van der Waals surface area contributed by atoms with E-state index in [9.17, 15) is 4.79 Å². The number of nitrogens with one attached hydrogen (secondary N) is 1. The summed E-state index contributed by atoms with van der Waals surface area (Å²) in [5.74, 6) is -0.0715. The van der Waals surface area contributed by atoms with Gasteiger partial charge in [-0.3, -0.25) is 9.79 Å². The summed E-state index contributed by atoms with van der Waals surface area (Å²) in [4.78, 5) is 20.5. The zero-order valence-electron chi connectivity index (χ0n) is 19.1. The molecule has 1 N–H and O–H groups in total. The van der Waals surface area contributed by atoms with Gasteiger partial charge in [0.05, 0.1) is 11.0 Å². The lowest BCUT2D eigenvalue weighted by molar-refractivity contribution is -0.112. The average Bonchev–Trinajstić information content (AvgIpc) is 3.16. The largest absolute Gasteiger partial charge is 0.323 e. The molecule has 2 aliphatic heterocycles. The Hall–Kier alpha value is -1.97. The molecule has 0 radical (unpaired) electrons. The van der Waals surface area contributed by atoms with Gasteiger partial charge >= 0.3 is 0 Å². The molecule has 1 aromatic rings. The smallest absolute Gasteiger partial charge is 0.264 e. The lowest BCUT2D eigenvalue weighted by Gasteiger charge is -2.25. The van der Waals surface area contributed by atoms with Crippen LogP contribution in [-0.2, 0) is 11.2 Å². The first-order valence-electron chi connectivity index (χ1n) is 11.7. The molecule has 0 saturated heterocycles. The standard InChI is InChI=1S/C25H34N4OS.ClH/c1-2-3-4-5-6-7-11-20-13-15-21(16-14-20)28-24(30)23-22(12-8-9-17-26)29-19-10-18-27-25(29)31-23;/h13-16H,2-12,18-19H2,1H3,(H,28,30);1H. The Morgan fingerprint density at radius 2 is 1.88 bits per heavy atom. The van der Waals surface area contributed by atoms with Crippen LogP contribution >= 0.6 is 24.2 Å². The molecule has 0 fully saturated rings. The summed E-state index contributed by atoms with van der Waals surface area (Å²) in [6.45, 7) is 3.97. The highest BCUT2D eigenvalue weighted by Crippen LogP contribution is 2.39. The number of fused-ring (bicyclic) bond motifs is 1. The number of nitrogens with zero attached hydrogens (tertiary/aromatic N) is 3. The number of amides is 1. The number of allylic oxidation sites excluding steroid dienone is 1. The second-order valence-electron chi connectivity index (χ2n) is 8.23. The Bertz CT molecular complexity index is 844. The molecule has 3 rings (SSSR count). The molecule has 0 spiro atoms. The summed E-state index contributed by atoms with van der Waals surface area (Å²) in [7, 11) is 0. The van der Waals surface area contributed by atoms with E-state index >= 15 is 0 Å². The average molecular weight is 475 g/mol. The van der Waals surface area contributed by atoms with Crippen molar-refractivity contribution in [1.29, 1.82) is 5.26 Å². The number of amidine groups is 1. The molecule has 174 valence electrons. The number of carbonyl (C=O) groups is 1. The number of carbonyl (C=O) groups excluding carboxylic acids is 1. The summed E-state index contributed by atoms with van der Waals surface area (Å²) in [6, 6.07) is 10.5. The molecule has 1 aromatic carbocycles. The third-order valence-corrected chi connectivity index (χ3v) is 6.90. The molecular formula is C25H35ClN4OS. The lowest BCUT2D eigenvalue weighted by atomic mass is 10.0. The molecular weight excluding hydrogens is 440 g/mol. The molecule has 2 heterocycles. The number of halogens is 1. The Morgan fingerprint density at radius 3 is 2.62 bits per heavy atom. The SMILES string of the molecule is CCCCCCCCc1ccc(NC(=O)C2=C(CCCC#N)N3CCCN=C3S2)cc1.Cl. The first kappa shape index (κ1) is 26.3. The number of aliphatic imine (C=N–C) groups is 1. The predicted octanol–water partition coefficient (Wildman–Crippen LogP) is 6.66. The highest BCUT2D eigenvalue weighted by Gasteiger charge is 2.33. The summed E-state index contributed by atoms with van der Waals surface area (Å²) in [5.41, 5.74) is 3.18. The molecule has 0 aliphatic carbocycles. The molecule has 5 nitrogen and oxygen atoms in total. The van der Waals surface area contributed by atoms with Gasteiger partial charge in [0.1, 0.15) is 0 Å². The van der Waals surface area contributed by atoms with Crippen LogP contribution in [0.2, 0.25) is 0 Å². The van der Waals surface area contributed by atoms with Crippen LogP contribution in [0.4, 0.5) is 5.69 Å². The predicted molar refractivity (Wildman–Crippen MR) is 137 cm³/mol. The van der Waals surface area contributed by atoms with Gasteiger partial charge in [-0.05, 0) is 61.6 Å². The van der Waals surface area contributed by atoms with Gasteiger partial charge in [0.25, 0.3) is 5.91 Å². The van der Waals surface area contributed by atoms with Crippen LogP contribution in [0.3, 0.4) is 0 Å². The van der Waals surface area contributed by atoms with E-state index in [1.165, 1.54) is 55.9 Å². The van der Waals surface area contributed by atoms with E-state index in [-0.39, 0.29) is 18.3 Å².